The van der Waals surface area contributed by atoms with E-state index in [1.165, 1.54) is 6.07 Å². The number of carbonyl (C=O) groups is 1. The summed E-state index contributed by atoms with van der Waals surface area (Å²) in [4.78, 5) is 11.2. The fraction of sp³-hybridized carbons (Fsp3) is 0.167. The van der Waals surface area contributed by atoms with Crippen LogP contribution in [0.1, 0.15) is 13.0 Å². The summed E-state index contributed by atoms with van der Waals surface area (Å²) in [5.74, 6) is -3.69. The number of nitriles is 1. The molecule has 0 aliphatic carbocycles. The molecule has 1 amide bonds. The number of nitrogens with two attached hydrogens (primary N) is 1. The van der Waals surface area contributed by atoms with Crippen LogP contribution in [-0.2, 0) is 4.79 Å². The second-order valence-corrected chi connectivity index (χ2v) is 3.51. The molecular weight excluding hydrogens is 297 g/mol. The Morgan fingerprint density at radius 3 is 2.33 bits per heavy atom. The van der Waals surface area contributed by atoms with E-state index >= 15 is 0 Å². The smallest absolute Gasteiger partial charge is 0.395 e. The lowest BCUT2D eigenvalue weighted by Crippen LogP contribution is -2.22. The monoisotopic (exact) mass is 307 g/mol. The number of carbonyl (C=O) groups excluding carboxylic acids is 1. The van der Waals surface area contributed by atoms with Gasteiger partial charge in [-0.1, -0.05) is 7.43 Å². The van der Waals surface area contributed by atoms with Crippen LogP contribution >= 0.6 is 0 Å². The van der Waals surface area contributed by atoms with Gasteiger partial charge < -0.3 is 11.1 Å². The maximum absolute atomic E-state index is 13.3. The summed E-state index contributed by atoms with van der Waals surface area (Å²) in [6, 6.07) is 2.34. The van der Waals surface area contributed by atoms with Gasteiger partial charge in [-0.3, -0.25) is 4.79 Å². The molecule has 9 heteroatoms. The van der Waals surface area contributed by atoms with Crippen LogP contribution in [0.25, 0.3) is 0 Å². The van der Waals surface area contributed by atoms with Gasteiger partial charge in [0.25, 0.3) is 5.91 Å². The fourth-order valence-corrected chi connectivity index (χ4v) is 1.12. The molecule has 114 valence electrons. The number of nitrogens with zero attached hydrogens (tertiary/aromatic N) is 1. The topological polar surface area (TPSA) is 78.9 Å². The van der Waals surface area contributed by atoms with Crippen molar-refractivity contribution >= 4 is 11.6 Å². The Morgan fingerprint density at radius 2 is 1.86 bits per heavy atom. The molecule has 1 rings (SSSR count). The lowest BCUT2D eigenvalue weighted by atomic mass is 10.2. The van der Waals surface area contributed by atoms with E-state index in [0.717, 1.165) is 0 Å². The number of alkyl halides is 3. The number of hydrogen-bond donors (Lipinski definition) is 2. The predicted molar refractivity (Wildman–Crippen MR) is 64.8 cm³/mol. The van der Waals surface area contributed by atoms with Crippen LogP contribution in [0.4, 0.5) is 27.6 Å². The average molecular weight is 307 g/mol. The van der Waals surface area contributed by atoms with Gasteiger partial charge in [0.1, 0.15) is 23.4 Å². The summed E-state index contributed by atoms with van der Waals surface area (Å²) >= 11 is 0. The zero-order valence-corrected chi connectivity index (χ0v) is 9.55. The highest BCUT2D eigenvalue weighted by Crippen LogP contribution is 2.22. The summed E-state index contributed by atoms with van der Waals surface area (Å²) in [7, 11) is 0. The van der Waals surface area contributed by atoms with Crippen molar-refractivity contribution in [1.29, 1.82) is 5.26 Å². The average Bonchev–Trinajstić information content (AvgIpc) is 2.32. The third-order valence-corrected chi connectivity index (χ3v) is 2.05. The molecule has 4 nitrogen and oxygen atoms in total. The third-order valence-electron chi connectivity index (χ3n) is 2.05. The molecule has 0 saturated carbocycles. The van der Waals surface area contributed by atoms with E-state index in [0.29, 0.717) is 12.1 Å². The van der Waals surface area contributed by atoms with Gasteiger partial charge in [0.05, 0.1) is 11.3 Å². The molecule has 0 aliphatic rings. The Balaban J connectivity index is 0.00000400. The Labute approximate surface area is 116 Å². The Morgan fingerprint density at radius 1 is 1.29 bits per heavy atom. The molecule has 3 N–H and O–H groups in total. The minimum Gasteiger partial charge on any atom is -0.395 e. The Bertz CT molecular complexity index is 617. The molecule has 0 bridgehead atoms. The van der Waals surface area contributed by atoms with Gasteiger partial charge in [0.15, 0.2) is 0 Å². The highest BCUT2D eigenvalue weighted by Gasteiger charge is 2.32. The normalized spacial score (nSPS) is 11.3. The second kappa shape index (κ2) is 6.69. The molecule has 0 fully saturated rings. The molecule has 0 aliphatic heterocycles. The minimum absolute atomic E-state index is 0. The van der Waals surface area contributed by atoms with Crippen LogP contribution < -0.4 is 11.1 Å². The predicted octanol–water partition coefficient (Wildman–Crippen LogP) is 2.82. The number of rotatable bonds is 2. The quantitative estimate of drug-likeness (QED) is 0.651. The van der Waals surface area contributed by atoms with Crippen molar-refractivity contribution in [2.45, 2.75) is 13.6 Å². The van der Waals surface area contributed by atoms with Crippen molar-refractivity contribution in [3.8, 4) is 6.07 Å². The number of nitrogens with one attached hydrogen (secondary N) is 1. The second-order valence-electron chi connectivity index (χ2n) is 3.51. The molecule has 0 radical (unpaired) electrons. The first-order valence-electron chi connectivity index (χ1n) is 4.89. The zero-order chi connectivity index (χ0) is 15.5. The van der Waals surface area contributed by atoms with Gasteiger partial charge in [-0.2, -0.15) is 18.4 Å². The van der Waals surface area contributed by atoms with Crippen LogP contribution in [0, 0.1) is 23.0 Å². The van der Waals surface area contributed by atoms with Gasteiger partial charge >= 0.3 is 6.18 Å². The van der Waals surface area contributed by atoms with Crippen molar-refractivity contribution < 1.29 is 26.7 Å². The van der Waals surface area contributed by atoms with Crippen molar-refractivity contribution in [2.24, 2.45) is 5.73 Å². The van der Waals surface area contributed by atoms with E-state index in [4.69, 9.17) is 5.26 Å². The van der Waals surface area contributed by atoms with E-state index < -0.39 is 40.7 Å². The van der Waals surface area contributed by atoms with Crippen molar-refractivity contribution in [2.75, 3.05) is 5.32 Å². The lowest BCUT2D eigenvalue weighted by molar-refractivity contribution is -0.113. The van der Waals surface area contributed by atoms with Crippen molar-refractivity contribution in [3.63, 3.8) is 0 Å². The van der Waals surface area contributed by atoms with E-state index in [9.17, 15) is 26.7 Å². The molecule has 0 heterocycles. The molecule has 0 spiro atoms. The maximum atomic E-state index is 13.3. The Kier molecular flexibility index (Phi) is 5.86. The molecule has 1 aromatic carbocycles. The summed E-state index contributed by atoms with van der Waals surface area (Å²) in [5, 5.41) is 10.1. The van der Waals surface area contributed by atoms with E-state index in [1.54, 1.807) is 5.32 Å². The molecule has 0 atom stereocenters. The number of amides is 1. The van der Waals surface area contributed by atoms with Crippen LogP contribution in [0.5, 0.6) is 0 Å². The zero-order valence-electron chi connectivity index (χ0n) is 9.55. The lowest BCUT2D eigenvalue weighted by Gasteiger charge is -2.08. The maximum Gasteiger partial charge on any atom is 0.430 e. The number of anilines is 1. The van der Waals surface area contributed by atoms with E-state index in [2.05, 4.69) is 5.73 Å². The standard InChI is InChI=1S/C11H6F5N3O.CH4/c12-6-2-8(7(13)1-5(6)4-17)19-10(20)3-9(18)11(14,15)16;/h1-3H,18H2,(H,19,20);1H4/b9-3-;. The highest BCUT2D eigenvalue weighted by atomic mass is 19.4. The van der Waals surface area contributed by atoms with Crippen molar-refractivity contribution in [3.05, 3.63) is 41.1 Å². The third kappa shape index (κ3) is 4.76. The first-order valence-corrected chi connectivity index (χ1v) is 4.89. The van der Waals surface area contributed by atoms with Crippen LogP contribution in [0.3, 0.4) is 0 Å². The van der Waals surface area contributed by atoms with E-state index in [-0.39, 0.29) is 13.5 Å². The highest BCUT2D eigenvalue weighted by molar-refractivity contribution is 5.99. The van der Waals surface area contributed by atoms with Gasteiger partial charge in [-0.05, 0) is 6.07 Å². The summed E-state index contributed by atoms with van der Waals surface area (Å²) in [6.07, 6.45) is -4.92. The van der Waals surface area contributed by atoms with Gasteiger partial charge in [0, 0.05) is 12.1 Å². The summed E-state index contributed by atoms with van der Waals surface area (Å²) in [5.41, 5.74) is 1.58. The fourth-order valence-electron chi connectivity index (χ4n) is 1.12. The van der Waals surface area contributed by atoms with Gasteiger partial charge in [0.2, 0.25) is 0 Å². The molecule has 0 unspecified atom stereocenters. The molecule has 21 heavy (non-hydrogen) atoms. The Hall–Kier alpha value is -2.63. The molecule has 0 saturated heterocycles. The minimum atomic E-state index is -4.91. The number of benzene rings is 1. The van der Waals surface area contributed by atoms with Gasteiger partial charge in [-0.15, -0.1) is 0 Å². The molecular formula is C12H10F5N3O. The van der Waals surface area contributed by atoms with Crippen LogP contribution in [-0.4, -0.2) is 12.1 Å². The number of halogens is 5. The molecule has 0 aromatic heterocycles. The van der Waals surface area contributed by atoms with Crippen molar-refractivity contribution in [1.82, 2.24) is 0 Å². The summed E-state index contributed by atoms with van der Waals surface area (Å²) < 4.78 is 62.7. The first kappa shape index (κ1) is 18.4. The summed E-state index contributed by atoms with van der Waals surface area (Å²) in [6.45, 7) is 0. The SMILES string of the molecule is C.N#Cc1cc(F)c(NC(=O)/C=C(\N)C(F)(F)F)cc1F. The number of hydrogen-bond acceptors (Lipinski definition) is 3. The first-order chi connectivity index (χ1) is 9.15. The van der Waals surface area contributed by atoms with Crippen LogP contribution in [0.15, 0.2) is 23.9 Å². The molecule has 1 aromatic rings. The number of allylic oxidation sites excluding steroid dienone is 1. The van der Waals surface area contributed by atoms with E-state index in [1.807, 2.05) is 0 Å². The van der Waals surface area contributed by atoms with Gasteiger partial charge in [-0.25, -0.2) is 8.78 Å². The largest absolute Gasteiger partial charge is 0.430 e. The van der Waals surface area contributed by atoms with Crippen LogP contribution in [0.2, 0.25) is 0 Å².